The molecule has 1 aromatic heterocycles. The first kappa shape index (κ1) is 33.2. The van der Waals surface area contributed by atoms with E-state index >= 15 is 0 Å². The highest BCUT2D eigenvalue weighted by Gasteiger charge is 2.16. The SMILES string of the molecule is CCCCCCCCCCCCCCCCc1n(CCCCCC)cc[n+]1CCCCCCCCC. The Morgan fingerprint density at radius 3 is 1.33 bits per heavy atom. The van der Waals surface area contributed by atoms with Crippen LogP contribution in [0.4, 0.5) is 0 Å². The van der Waals surface area contributed by atoms with Gasteiger partial charge in [0, 0.05) is 6.42 Å². The van der Waals surface area contributed by atoms with Gasteiger partial charge in [-0.3, -0.25) is 0 Å². The number of rotatable bonds is 28. The Morgan fingerprint density at radius 2 is 0.861 bits per heavy atom. The Bertz CT molecular complexity index is 562. The van der Waals surface area contributed by atoms with Crippen molar-refractivity contribution in [2.24, 2.45) is 0 Å². The lowest BCUT2D eigenvalue weighted by Gasteiger charge is -2.07. The molecule has 0 spiro atoms. The third-order valence-electron chi connectivity index (χ3n) is 8.10. The van der Waals surface area contributed by atoms with E-state index in [4.69, 9.17) is 0 Å². The van der Waals surface area contributed by atoms with Crippen LogP contribution in [-0.2, 0) is 19.5 Å². The summed E-state index contributed by atoms with van der Waals surface area (Å²) in [7, 11) is 0. The van der Waals surface area contributed by atoms with Gasteiger partial charge in [0.15, 0.2) is 0 Å². The zero-order valence-corrected chi connectivity index (χ0v) is 25.3. The fourth-order valence-electron chi connectivity index (χ4n) is 5.62. The maximum Gasteiger partial charge on any atom is 0.256 e. The minimum absolute atomic E-state index is 1.22. The van der Waals surface area contributed by atoms with E-state index in [9.17, 15) is 0 Å². The third kappa shape index (κ3) is 18.5. The van der Waals surface area contributed by atoms with Crippen LogP contribution in [0, 0.1) is 0 Å². The van der Waals surface area contributed by atoms with Crippen LogP contribution in [0.3, 0.4) is 0 Å². The molecule has 0 fully saturated rings. The number of imidazole rings is 1. The van der Waals surface area contributed by atoms with E-state index in [1.807, 2.05) is 0 Å². The minimum atomic E-state index is 1.22. The van der Waals surface area contributed by atoms with E-state index in [0.717, 1.165) is 0 Å². The van der Waals surface area contributed by atoms with Crippen molar-refractivity contribution >= 4 is 0 Å². The zero-order valence-electron chi connectivity index (χ0n) is 25.3. The number of aryl methyl sites for hydroxylation is 2. The highest BCUT2D eigenvalue weighted by atomic mass is 15.1. The lowest BCUT2D eigenvalue weighted by Crippen LogP contribution is -2.37. The van der Waals surface area contributed by atoms with Crippen molar-refractivity contribution in [2.45, 2.75) is 201 Å². The molecule has 0 atom stereocenters. The Morgan fingerprint density at radius 1 is 0.472 bits per heavy atom. The van der Waals surface area contributed by atoms with Gasteiger partial charge in [-0.1, -0.05) is 149 Å². The molecule has 0 N–H and O–H groups in total. The van der Waals surface area contributed by atoms with E-state index < -0.39 is 0 Å². The second-order valence-corrected chi connectivity index (χ2v) is 11.6. The molecular formula is C34H67N2+. The number of hydrogen-bond donors (Lipinski definition) is 0. The van der Waals surface area contributed by atoms with Crippen molar-refractivity contribution in [3.63, 3.8) is 0 Å². The molecule has 0 unspecified atom stereocenters. The second-order valence-electron chi connectivity index (χ2n) is 11.6. The van der Waals surface area contributed by atoms with E-state index in [-0.39, 0.29) is 0 Å². The standard InChI is InChI=1S/C34H67N2/c1-4-7-10-13-15-16-17-18-19-20-21-22-24-26-29-34-35(30-27-12-9-6-3)32-33-36(34)31-28-25-23-14-11-8-5-2/h32-33H,4-31H2,1-3H3/q+1. The Balaban J connectivity index is 2.21. The maximum absolute atomic E-state index is 2.61. The van der Waals surface area contributed by atoms with E-state index in [0.29, 0.717) is 0 Å². The van der Waals surface area contributed by atoms with Gasteiger partial charge in [-0.2, -0.15) is 0 Å². The highest BCUT2D eigenvalue weighted by Crippen LogP contribution is 2.14. The summed E-state index contributed by atoms with van der Waals surface area (Å²) in [6.07, 6.45) is 41.5. The molecule has 36 heavy (non-hydrogen) atoms. The van der Waals surface area contributed by atoms with Crippen LogP contribution in [0.15, 0.2) is 12.4 Å². The molecule has 0 bridgehead atoms. The number of nitrogens with zero attached hydrogens (tertiary/aromatic N) is 2. The van der Waals surface area contributed by atoms with Crippen LogP contribution in [-0.4, -0.2) is 4.57 Å². The lowest BCUT2D eigenvalue weighted by atomic mass is 10.0. The Labute approximate surface area is 228 Å². The summed E-state index contributed by atoms with van der Waals surface area (Å²) in [5.41, 5.74) is 0. The van der Waals surface area contributed by atoms with Gasteiger partial charge in [0.25, 0.3) is 5.82 Å². The molecule has 0 radical (unpaired) electrons. The molecule has 2 nitrogen and oxygen atoms in total. The summed E-state index contributed by atoms with van der Waals surface area (Å²) in [5, 5.41) is 0. The normalized spacial score (nSPS) is 11.5. The fourth-order valence-corrected chi connectivity index (χ4v) is 5.62. The predicted molar refractivity (Wildman–Crippen MR) is 161 cm³/mol. The second kappa shape index (κ2) is 25.8. The Kier molecular flexibility index (Phi) is 23.9. The van der Waals surface area contributed by atoms with Crippen LogP contribution < -0.4 is 4.57 Å². The summed E-state index contributed by atoms with van der Waals surface area (Å²) < 4.78 is 5.20. The monoisotopic (exact) mass is 504 g/mol. The largest absolute Gasteiger partial charge is 0.256 e. The van der Waals surface area contributed by atoms with Crippen molar-refractivity contribution in [3.8, 4) is 0 Å². The predicted octanol–water partition coefficient (Wildman–Crippen LogP) is 11.1. The molecule has 1 rings (SSSR count). The van der Waals surface area contributed by atoms with Crippen molar-refractivity contribution in [1.82, 2.24) is 4.57 Å². The van der Waals surface area contributed by atoms with Gasteiger partial charge in [0.2, 0.25) is 0 Å². The van der Waals surface area contributed by atoms with Crippen LogP contribution in [0.1, 0.15) is 187 Å². The molecular weight excluding hydrogens is 436 g/mol. The van der Waals surface area contributed by atoms with E-state index in [1.165, 1.54) is 180 Å². The molecule has 212 valence electrons. The summed E-state index contributed by atoms with van der Waals surface area (Å²) in [4.78, 5) is 0. The molecule has 1 heterocycles. The van der Waals surface area contributed by atoms with Crippen LogP contribution in [0.2, 0.25) is 0 Å². The zero-order chi connectivity index (χ0) is 25.9. The first-order chi connectivity index (χ1) is 17.8. The van der Waals surface area contributed by atoms with Gasteiger partial charge >= 0.3 is 0 Å². The summed E-state index contributed by atoms with van der Waals surface area (Å²) in [6.45, 7) is 9.37. The maximum atomic E-state index is 2.61. The summed E-state index contributed by atoms with van der Waals surface area (Å²) in [6, 6.07) is 0. The van der Waals surface area contributed by atoms with Gasteiger partial charge < -0.3 is 0 Å². The van der Waals surface area contributed by atoms with Crippen LogP contribution in [0.25, 0.3) is 0 Å². The van der Waals surface area contributed by atoms with Gasteiger partial charge in [0.1, 0.15) is 12.4 Å². The van der Waals surface area contributed by atoms with Crippen molar-refractivity contribution < 1.29 is 4.57 Å². The molecule has 0 aliphatic rings. The fraction of sp³-hybridized carbons (Fsp3) is 0.912. The van der Waals surface area contributed by atoms with Gasteiger partial charge in [-0.05, 0) is 32.1 Å². The summed E-state index contributed by atoms with van der Waals surface area (Å²) >= 11 is 0. The minimum Gasteiger partial charge on any atom is -0.234 e. The van der Waals surface area contributed by atoms with Gasteiger partial charge in [-0.25, -0.2) is 9.13 Å². The van der Waals surface area contributed by atoms with Crippen LogP contribution in [0.5, 0.6) is 0 Å². The lowest BCUT2D eigenvalue weighted by molar-refractivity contribution is -0.704. The van der Waals surface area contributed by atoms with Crippen molar-refractivity contribution in [1.29, 1.82) is 0 Å². The molecule has 0 aromatic carbocycles. The Hall–Kier alpha value is -0.790. The highest BCUT2D eigenvalue weighted by molar-refractivity contribution is 4.84. The van der Waals surface area contributed by atoms with Crippen LogP contribution >= 0.6 is 0 Å². The van der Waals surface area contributed by atoms with Gasteiger partial charge in [-0.15, -0.1) is 0 Å². The smallest absolute Gasteiger partial charge is 0.234 e. The van der Waals surface area contributed by atoms with Crippen molar-refractivity contribution in [3.05, 3.63) is 18.2 Å². The van der Waals surface area contributed by atoms with Gasteiger partial charge in [0.05, 0.1) is 13.1 Å². The quantitative estimate of drug-likeness (QED) is 0.0794. The number of unbranched alkanes of at least 4 members (excludes halogenated alkanes) is 22. The molecule has 0 aliphatic carbocycles. The summed E-state index contributed by atoms with van der Waals surface area (Å²) in [5.74, 6) is 1.61. The average molecular weight is 504 g/mol. The average Bonchev–Trinajstić information content (AvgIpc) is 3.27. The van der Waals surface area contributed by atoms with E-state index in [1.54, 1.807) is 5.82 Å². The topological polar surface area (TPSA) is 8.81 Å². The molecule has 1 aromatic rings. The first-order valence-corrected chi connectivity index (χ1v) is 16.9. The molecule has 2 heteroatoms. The first-order valence-electron chi connectivity index (χ1n) is 16.9. The molecule has 0 amide bonds. The molecule has 0 saturated heterocycles. The van der Waals surface area contributed by atoms with Crippen molar-refractivity contribution in [2.75, 3.05) is 0 Å². The third-order valence-corrected chi connectivity index (χ3v) is 8.10. The molecule has 0 aliphatic heterocycles. The van der Waals surface area contributed by atoms with E-state index in [2.05, 4.69) is 42.3 Å². The molecule has 0 saturated carbocycles. The number of aromatic nitrogens is 2. The number of hydrogen-bond acceptors (Lipinski definition) is 0.